The summed E-state index contributed by atoms with van der Waals surface area (Å²) in [6.45, 7) is 2.30. The number of hydrogen-bond donors (Lipinski definition) is 2. The summed E-state index contributed by atoms with van der Waals surface area (Å²) in [6, 6.07) is 7.64. The second-order valence-electron chi connectivity index (χ2n) is 5.21. The molecular weight excluding hydrogens is 315 g/mol. The first-order valence-corrected chi connectivity index (χ1v) is 8.36. The number of hydrogen-bond acceptors (Lipinski definition) is 3. The van der Waals surface area contributed by atoms with Gasteiger partial charge in [-0.1, -0.05) is 12.1 Å². The van der Waals surface area contributed by atoms with Gasteiger partial charge >= 0.3 is 0 Å². The first kappa shape index (κ1) is 17.1. The number of carbonyl (C=O) groups is 2. The Morgan fingerprint density at radius 2 is 1.96 bits per heavy atom. The maximum absolute atomic E-state index is 12.9. The van der Waals surface area contributed by atoms with E-state index in [-0.39, 0.29) is 23.7 Å². The summed E-state index contributed by atoms with van der Waals surface area (Å²) < 4.78 is 12.9. The van der Waals surface area contributed by atoms with Crippen molar-refractivity contribution in [2.75, 3.05) is 6.54 Å². The molecule has 0 fully saturated rings. The summed E-state index contributed by atoms with van der Waals surface area (Å²) in [4.78, 5) is 23.6. The van der Waals surface area contributed by atoms with E-state index in [9.17, 15) is 14.0 Å². The molecule has 0 saturated carbocycles. The van der Waals surface area contributed by atoms with Crippen LogP contribution < -0.4 is 10.6 Å². The van der Waals surface area contributed by atoms with Crippen molar-refractivity contribution in [3.05, 3.63) is 58.0 Å². The fourth-order valence-electron chi connectivity index (χ4n) is 2.10. The SMILES string of the molecule is CC(NC(=O)CCCNC(=O)c1ccsc1)c1ccc(F)cc1. The Morgan fingerprint density at radius 1 is 1.22 bits per heavy atom. The van der Waals surface area contributed by atoms with E-state index in [1.54, 1.807) is 23.6 Å². The van der Waals surface area contributed by atoms with Crippen LogP contribution in [-0.2, 0) is 4.79 Å². The van der Waals surface area contributed by atoms with E-state index in [1.165, 1.54) is 23.5 Å². The molecule has 1 heterocycles. The lowest BCUT2D eigenvalue weighted by atomic mass is 10.1. The third kappa shape index (κ3) is 5.49. The average molecular weight is 334 g/mol. The van der Waals surface area contributed by atoms with Gasteiger partial charge in [-0.15, -0.1) is 0 Å². The molecule has 0 bridgehead atoms. The van der Waals surface area contributed by atoms with Gasteiger partial charge in [-0.25, -0.2) is 4.39 Å². The molecule has 122 valence electrons. The zero-order valence-electron chi connectivity index (χ0n) is 12.8. The van der Waals surface area contributed by atoms with E-state index in [2.05, 4.69) is 10.6 Å². The molecule has 0 radical (unpaired) electrons. The molecule has 0 saturated heterocycles. The van der Waals surface area contributed by atoms with Gasteiger partial charge in [-0.3, -0.25) is 9.59 Å². The van der Waals surface area contributed by atoms with Gasteiger partial charge in [0.15, 0.2) is 0 Å². The van der Waals surface area contributed by atoms with Gasteiger partial charge in [-0.05, 0) is 42.5 Å². The third-order valence-corrected chi connectivity index (χ3v) is 4.08. The summed E-state index contributed by atoms with van der Waals surface area (Å²) in [6.07, 6.45) is 0.896. The molecule has 23 heavy (non-hydrogen) atoms. The Morgan fingerprint density at radius 3 is 2.61 bits per heavy atom. The fourth-order valence-corrected chi connectivity index (χ4v) is 2.73. The molecule has 6 heteroatoms. The molecule has 0 aliphatic carbocycles. The van der Waals surface area contributed by atoms with Crippen molar-refractivity contribution in [2.45, 2.75) is 25.8 Å². The van der Waals surface area contributed by atoms with Gasteiger partial charge in [0.05, 0.1) is 6.04 Å². The molecule has 4 nitrogen and oxygen atoms in total. The standard InChI is InChI=1S/C17H19FN2O2S/c1-12(13-4-6-15(18)7-5-13)20-16(21)3-2-9-19-17(22)14-8-10-23-11-14/h4-8,10-12H,2-3,9H2,1H3,(H,19,22)(H,20,21). The predicted molar refractivity (Wildman–Crippen MR) is 88.8 cm³/mol. The van der Waals surface area contributed by atoms with E-state index in [1.807, 2.05) is 12.3 Å². The second-order valence-corrected chi connectivity index (χ2v) is 5.99. The maximum Gasteiger partial charge on any atom is 0.252 e. The smallest absolute Gasteiger partial charge is 0.252 e. The van der Waals surface area contributed by atoms with Gasteiger partial charge in [-0.2, -0.15) is 11.3 Å². The minimum atomic E-state index is -0.298. The summed E-state index contributed by atoms with van der Waals surface area (Å²) in [5.74, 6) is -0.508. The molecule has 1 unspecified atom stereocenters. The fraction of sp³-hybridized carbons (Fsp3) is 0.294. The van der Waals surface area contributed by atoms with E-state index in [0.29, 0.717) is 24.9 Å². The van der Waals surface area contributed by atoms with Gasteiger partial charge < -0.3 is 10.6 Å². The van der Waals surface area contributed by atoms with Crippen molar-refractivity contribution >= 4 is 23.2 Å². The first-order valence-electron chi connectivity index (χ1n) is 7.41. The minimum Gasteiger partial charge on any atom is -0.352 e. The third-order valence-electron chi connectivity index (χ3n) is 3.40. The molecule has 0 aliphatic heterocycles. The Hall–Kier alpha value is -2.21. The van der Waals surface area contributed by atoms with Crippen molar-refractivity contribution < 1.29 is 14.0 Å². The van der Waals surface area contributed by atoms with Crippen LogP contribution >= 0.6 is 11.3 Å². The Kier molecular flexibility index (Phi) is 6.29. The molecule has 0 aliphatic rings. The summed E-state index contributed by atoms with van der Waals surface area (Å²) >= 11 is 1.47. The van der Waals surface area contributed by atoms with Crippen LogP contribution in [-0.4, -0.2) is 18.4 Å². The van der Waals surface area contributed by atoms with E-state index in [0.717, 1.165) is 5.56 Å². The molecule has 0 spiro atoms. The Balaban J connectivity index is 1.67. The lowest BCUT2D eigenvalue weighted by Gasteiger charge is -2.14. The number of carbonyl (C=O) groups excluding carboxylic acids is 2. The van der Waals surface area contributed by atoms with Gasteiger partial charge in [0.1, 0.15) is 5.82 Å². The summed E-state index contributed by atoms with van der Waals surface area (Å²) in [5, 5.41) is 9.27. The Labute approximate surface area is 138 Å². The van der Waals surface area contributed by atoms with Crippen LogP contribution in [0.3, 0.4) is 0 Å². The average Bonchev–Trinajstić information content (AvgIpc) is 3.06. The van der Waals surface area contributed by atoms with Crippen LogP contribution in [0.4, 0.5) is 4.39 Å². The molecule has 2 amide bonds. The zero-order valence-corrected chi connectivity index (χ0v) is 13.7. The highest BCUT2D eigenvalue weighted by Crippen LogP contribution is 2.13. The van der Waals surface area contributed by atoms with Gasteiger partial charge in [0, 0.05) is 23.9 Å². The van der Waals surface area contributed by atoms with Crippen molar-refractivity contribution in [3.8, 4) is 0 Å². The van der Waals surface area contributed by atoms with E-state index >= 15 is 0 Å². The topological polar surface area (TPSA) is 58.2 Å². The predicted octanol–water partition coefficient (Wildman–Crippen LogP) is 3.27. The lowest BCUT2D eigenvalue weighted by molar-refractivity contribution is -0.121. The van der Waals surface area contributed by atoms with Crippen LogP contribution in [0.25, 0.3) is 0 Å². The molecule has 2 rings (SSSR count). The number of rotatable bonds is 7. The van der Waals surface area contributed by atoms with E-state index in [4.69, 9.17) is 0 Å². The van der Waals surface area contributed by atoms with Crippen molar-refractivity contribution in [1.82, 2.24) is 10.6 Å². The number of halogens is 1. The zero-order chi connectivity index (χ0) is 16.7. The van der Waals surface area contributed by atoms with Gasteiger partial charge in [0.2, 0.25) is 5.91 Å². The van der Waals surface area contributed by atoms with Gasteiger partial charge in [0.25, 0.3) is 5.91 Å². The van der Waals surface area contributed by atoms with Crippen molar-refractivity contribution in [1.29, 1.82) is 0 Å². The van der Waals surface area contributed by atoms with Crippen molar-refractivity contribution in [2.24, 2.45) is 0 Å². The first-order chi connectivity index (χ1) is 11.1. The highest BCUT2D eigenvalue weighted by molar-refractivity contribution is 7.08. The molecule has 2 N–H and O–H groups in total. The lowest BCUT2D eigenvalue weighted by Crippen LogP contribution is -2.28. The number of benzene rings is 1. The number of nitrogens with one attached hydrogen (secondary N) is 2. The molecule has 2 aromatic rings. The quantitative estimate of drug-likeness (QED) is 0.764. The van der Waals surface area contributed by atoms with Crippen LogP contribution in [0, 0.1) is 5.82 Å². The number of amides is 2. The highest BCUT2D eigenvalue weighted by Gasteiger charge is 2.10. The number of thiophene rings is 1. The normalized spacial score (nSPS) is 11.7. The molecule has 1 aromatic heterocycles. The Bertz CT molecular complexity index is 641. The van der Waals surface area contributed by atoms with E-state index < -0.39 is 0 Å². The summed E-state index contributed by atoms with van der Waals surface area (Å²) in [7, 11) is 0. The largest absolute Gasteiger partial charge is 0.352 e. The summed E-state index contributed by atoms with van der Waals surface area (Å²) in [5.41, 5.74) is 1.50. The minimum absolute atomic E-state index is 0.0911. The van der Waals surface area contributed by atoms with Crippen LogP contribution in [0.5, 0.6) is 0 Å². The monoisotopic (exact) mass is 334 g/mol. The molecule has 1 atom stereocenters. The van der Waals surface area contributed by atoms with Crippen LogP contribution in [0.15, 0.2) is 41.1 Å². The van der Waals surface area contributed by atoms with Crippen molar-refractivity contribution in [3.63, 3.8) is 0 Å². The van der Waals surface area contributed by atoms with Crippen LogP contribution in [0.2, 0.25) is 0 Å². The second kappa shape index (κ2) is 8.43. The maximum atomic E-state index is 12.9. The molecule has 1 aromatic carbocycles. The highest BCUT2D eigenvalue weighted by atomic mass is 32.1. The molecular formula is C17H19FN2O2S. The van der Waals surface area contributed by atoms with Crippen LogP contribution in [0.1, 0.15) is 41.7 Å².